The van der Waals surface area contributed by atoms with Gasteiger partial charge in [-0.15, -0.1) is 0 Å². The Balaban J connectivity index is 2.05. The quantitative estimate of drug-likeness (QED) is 0.800. The summed E-state index contributed by atoms with van der Waals surface area (Å²) in [6.07, 6.45) is 1.47. The molecule has 0 aromatic heterocycles. The molecular weight excluding hydrogens is 362 g/mol. The summed E-state index contributed by atoms with van der Waals surface area (Å²) in [4.78, 5) is 12.4. The summed E-state index contributed by atoms with van der Waals surface area (Å²) in [6, 6.07) is 9.76. The van der Waals surface area contributed by atoms with E-state index < -0.39 is 27.8 Å². The van der Waals surface area contributed by atoms with Crippen LogP contribution < -0.4 is 9.62 Å². The molecule has 1 N–H and O–H groups in total. The van der Waals surface area contributed by atoms with E-state index in [0.717, 1.165) is 28.3 Å². The second-order valence-corrected chi connectivity index (χ2v) is 7.74. The normalized spacial score (nSPS) is 12.5. The van der Waals surface area contributed by atoms with Crippen LogP contribution in [0.4, 0.5) is 14.5 Å². The molecule has 0 aliphatic rings. The fourth-order valence-electron chi connectivity index (χ4n) is 2.53. The first-order valence-electron chi connectivity index (χ1n) is 7.95. The first-order valence-corrected chi connectivity index (χ1v) is 9.80. The minimum absolute atomic E-state index is 0.204. The van der Waals surface area contributed by atoms with Gasteiger partial charge in [0, 0.05) is 6.54 Å². The molecule has 140 valence electrons. The van der Waals surface area contributed by atoms with E-state index in [2.05, 4.69) is 5.32 Å². The SMILES string of the molecule is C[C@H](C(=O)NCCc1ccc(F)cc1)N(c1ccc(F)cc1)S(C)(=O)=O. The number of halogens is 2. The number of rotatable bonds is 7. The number of nitrogens with zero attached hydrogens (tertiary/aromatic N) is 1. The molecule has 2 rings (SSSR count). The number of hydrogen-bond acceptors (Lipinski definition) is 3. The zero-order valence-corrected chi connectivity index (χ0v) is 15.3. The zero-order chi connectivity index (χ0) is 19.3. The number of hydrogen-bond donors (Lipinski definition) is 1. The van der Waals surface area contributed by atoms with Gasteiger partial charge in [0.1, 0.15) is 17.7 Å². The van der Waals surface area contributed by atoms with Gasteiger partial charge in [-0.05, 0) is 55.3 Å². The number of nitrogens with one attached hydrogen (secondary N) is 1. The van der Waals surface area contributed by atoms with E-state index in [4.69, 9.17) is 0 Å². The lowest BCUT2D eigenvalue weighted by Gasteiger charge is -2.28. The molecule has 1 amide bonds. The van der Waals surface area contributed by atoms with Crippen molar-refractivity contribution in [1.29, 1.82) is 0 Å². The number of anilines is 1. The van der Waals surface area contributed by atoms with Crippen LogP contribution in [0.5, 0.6) is 0 Å². The molecule has 0 radical (unpaired) electrons. The van der Waals surface area contributed by atoms with Crippen molar-refractivity contribution in [2.45, 2.75) is 19.4 Å². The number of amides is 1. The van der Waals surface area contributed by atoms with Crippen LogP contribution in [0.3, 0.4) is 0 Å². The van der Waals surface area contributed by atoms with Crippen molar-refractivity contribution >= 4 is 21.6 Å². The Kier molecular flexibility index (Phi) is 6.31. The molecule has 0 fully saturated rings. The summed E-state index contributed by atoms with van der Waals surface area (Å²) >= 11 is 0. The van der Waals surface area contributed by atoms with Crippen molar-refractivity contribution in [3.63, 3.8) is 0 Å². The van der Waals surface area contributed by atoms with Crippen LogP contribution in [0.2, 0.25) is 0 Å². The first-order chi connectivity index (χ1) is 12.2. The van der Waals surface area contributed by atoms with Gasteiger partial charge in [-0.1, -0.05) is 12.1 Å². The highest BCUT2D eigenvalue weighted by Crippen LogP contribution is 2.21. The maximum Gasteiger partial charge on any atom is 0.243 e. The lowest BCUT2D eigenvalue weighted by atomic mass is 10.1. The molecule has 1 atom stereocenters. The van der Waals surface area contributed by atoms with E-state index in [1.165, 1.54) is 31.2 Å². The predicted octanol–water partition coefficient (Wildman–Crippen LogP) is 2.48. The first kappa shape index (κ1) is 19.8. The summed E-state index contributed by atoms with van der Waals surface area (Å²) in [5, 5.41) is 2.67. The van der Waals surface area contributed by atoms with Gasteiger partial charge in [-0.3, -0.25) is 9.10 Å². The maximum absolute atomic E-state index is 13.1. The predicted molar refractivity (Wildman–Crippen MR) is 96.3 cm³/mol. The third-order valence-electron chi connectivity index (χ3n) is 3.80. The molecule has 0 spiro atoms. The summed E-state index contributed by atoms with van der Waals surface area (Å²) in [5.74, 6) is -1.32. The van der Waals surface area contributed by atoms with Crippen LogP contribution >= 0.6 is 0 Å². The second-order valence-electron chi connectivity index (χ2n) is 5.88. The number of benzene rings is 2. The number of carbonyl (C=O) groups excluding carboxylic acids is 1. The topological polar surface area (TPSA) is 66.5 Å². The molecule has 0 heterocycles. The van der Waals surface area contributed by atoms with Gasteiger partial charge in [0.2, 0.25) is 15.9 Å². The minimum Gasteiger partial charge on any atom is -0.354 e. The van der Waals surface area contributed by atoms with E-state index in [9.17, 15) is 22.0 Å². The summed E-state index contributed by atoms with van der Waals surface area (Å²) < 4.78 is 51.1. The van der Waals surface area contributed by atoms with Crippen LogP contribution in [0, 0.1) is 11.6 Å². The molecule has 0 unspecified atom stereocenters. The average Bonchev–Trinajstić information content (AvgIpc) is 2.57. The van der Waals surface area contributed by atoms with Crippen molar-refractivity contribution in [3.8, 4) is 0 Å². The van der Waals surface area contributed by atoms with Crippen LogP contribution in [0.15, 0.2) is 48.5 Å². The van der Waals surface area contributed by atoms with E-state index in [0.29, 0.717) is 6.42 Å². The summed E-state index contributed by atoms with van der Waals surface area (Å²) in [7, 11) is -3.75. The van der Waals surface area contributed by atoms with Gasteiger partial charge in [0.15, 0.2) is 0 Å². The van der Waals surface area contributed by atoms with Crippen molar-refractivity contribution in [1.82, 2.24) is 5.32 Å². The third kappa shape index (κ3) is 5.26. The Bertz CT molecular complexity index is 853. The molecule has 5 nitrogen and oxygen atoms in total. The standard InChI is InChI=1S/C18H20F2N2O3S/c1-13(18(23)21-12-11-14-3-5-15(19)6-4-14)22(26(2,24)25)17-9-7-16(20)8-10-17/h3-10,13H,11-12H2,1-2H3,(H,21,23)/t13-/m1/s1. The number of carbonyl (C=O) groups is 1. The van der Waals surface area contributed by atoms with Gasteiger partial charge >= 0.3 is 0 Å². The van der Waals surface area contributed by atoms with Gasteiger partial charge in [0.05, 0.1) is 11.9 Å². The third-order valence-corrected chi connectivity index (χ3v) is 5.04. The Morgan fingerprint density at radius 1 is 1.04 bits per heavy atom. The van der Waals surface area contributed by atoms with Crippen LogP contribution in [-0.4, -0.2) is 33.2 Å². The molecule has 0 saturated carbocycles. The molecular formula is C18H20F2N2O3S. The minimum atomic E-state index is -3.75. The summed E-state index contributed by atoms with van der Waals surface area (Å²) in [6.45, 7) is 1.73. The highest BCUT2D eigenvalue weighted by molar-refractivity contribution is 7.92. The number of sulfonamides is 1. The van der Waals surface area contributed by atoms with Crippen LogP contribution in [-0.2, 0) is 21.2 Å². The van der Waals surface area contributed by atoms with E-state index in [1.54, 1.807) is 12.1 Å². The van der Waals surface area contributed by atoms with E-state index in [-0.39, 0.29) is 18.0 Å². The molecule has 2 aromatic rings. The Morgan fingerprint density at radius 3 is 2.04 bits per heavy atom. The maximum atomic E-state index is 13.1. The lowest BCUT2D eigenvalue weighted by Crippen LogP contribution is -2.48. The second kappa shape index (κ2) is 8.27. The molecule has 0 saturated heterocycles. The fourth-order valence-corrected chi connectivity index (χ4v) is 3.70. The largest absolute Gasteiger partial charge is 0.354 e. The average molecular weight is 382 g/mol. The summed E-state index contributed by atoms with van der Waals surface area (Å²) in [5.41, 5.74) is 1.05. The monoisotopic (exact) mass is 382 g/mol. The smallest absolute Gasteiger partial charge is 0.243 e. The van der Waals surface area contributed by atoms with Crippen LogP contribution in [0.1, 0.15) is 12.5 Å². The van der Waals surface area contributed by atoms with Gasteiger partial charge < -0.3 is 5.32 Å². The fraction of sp³-hybridized carbons (Fsp3) is 0.278. The van der Waals surface area contributed by atoms with E-state index in [1.807, 2.05) is 0 Å². The Morgan fingerprint density at radius 2 is 1.54 bits per heavy atom. The molecule has 0 aliphatic heterocycles. The molecule has 26 heavy (non-hydrogen) atoms. The van der Waals surface area contributed by atoms with E-state index >= 15 is 0 Å². The molecule has 8 heteroatoms. The Labute approximate surface area is 151 Å². The highest BCUT2D eigenvalue weighted by Gasteiger charge is 2.28. The molecule has 0 aliphatic carbocycles. The van der Waals surface area contributed by atoms with Crippen molar-refractivity contribution < 1.29 is 22.0 Å². The lowest BCUT2D eigenvalue weighted by molar-refractivity contribution is -0.121. The molecule has 2 aromatic carbocycles. The van der Waals surface area contributed by atoms with Crippen molar-refractivity contribution in [2.75, 3.05) is 17.1 Å². The highest BCUT2D eigenvalue weighted by atomic mass is 32.2. The Hall–Kier alpha value is -2.48. The van der Waals surface area contributed by atoms with Crippen LogP contribution in [0.25, 0.3) is 0 Å². The van der Waals surface area contributed by atoms with Crippen molar-refractivity contribution in [2.24, 2.45) is 0 Å². The zero-order valence-electron chi connectivity index (χ0n) is 14.4. The van der Waals surface area contributed by atoms with Gasteiger partial charge in [0.25, 0.3) is 0 Å². The van der Waals surface area contributed by atoms with Gasteiger partial charge in [-0.25, -0.2) is 17.2 Å². The van der Waals surface area contributed by atoms with Crippen molar-refractivity contribution in [3.05, 3.63) is 65.7 Å². The van der Waals surface area contributed by atoms with Gasteiger partial charge in [-0.2, -0.15) is 0 Å². The molecule has 0 bridgehead atoms.